The molecule has 0 aromatic heterocycles. The van der Waals surface area contributed by atoms with Crippen molar-refractivity contribution in [1.29, 1.82) is 0 Å². The van der Waals surface area contributed by atoms with E-state index in [0.717, 1.165) is 18.2 Å². The molecule has 1 rings (SSSR count). The van der Waals surface area contributed by atoms with Gasteiger partial charge in [-0.3, -0.25) is 34.3 Å². The van der Waals surface area contributed by atoms with Gasteiger partial charge in [-0.1, -0.05) is 12.6 Å². The summed E-state index contributed by atoms with van der Waals surface area (Å²) in [4.78, 5) is 113. The minimum atomic E-state index is -5.20. The Labute approximate surface area is 269 Å². The van der Waals surface area contributed by atoms with Crippen LogP contribution in [0.3, 0.4) is 0 Å². The van der Waals surface area contributed by atoms with Crippen LogP contribution < -0.4 is 4.74 Å². The van der Waals surface area contributed by atoms with Crippen molar-refractivity contribution < 1.29 is 114 Å². The minimum Gasteiger partial charge on any atom is -0.524 e. The van der Waals surface area contributed by atoms with Gasteiger partial charge in [-0.05, 0) is 32.3 Å². The van der Waals surface area contributed by atoms with E-state index in [1.807, 2.05) is 0 Å². The predicted octanol–water partition coefficient (Wildman–Crippen LogP) is -0.188. The number of benzene rings is 1. The van der Waals surface area contributed by atoms with E-state index in [0.29, 0.717) is 0 Å². The molecule has 0 aliphatic rings. The van der Waals surface area contributed by atoms with E-state index < -0.39 is 96.8 Å². The van der Waals surface area contributed by atoms with E-state index in [4.69, 9.17) is 9.47 Å². The van der Waals surface area contributed by atoms with Crippen molar-refractivity contribution in [2.24, 2.45) is 0 Å². The molecular formula is C19H29N2O17P4Y+2. The van der Waals surface area contributed by atoms with Crippen LogP contribution in [0.25, 0.3) is 0 Å². The Morgan fingerprint density at radius 2 is 1.19 bits per heavy atom. The molecule has 0 aliphatic carbocycles. The van der Waals surface area contributed by atoms with E-state index in [-0.39, 0.29) is 54.7 Å². The molecule has 0 unspecified atom stereocenters. The van der Waals surface area contributed by atoms with Crippen LogP contribution in [0.4, 0.5) is 0 Å². The second-order valence-electron chi connectivity index (χ2n) is 8.57. The largest absolute Gasteiger partial charge is 3.00 e. The fraction of sp³-hybridized carbons (Fsp3) is 0.368. The first-order valence-corrected chi connectivity index (χ1v) is 18.3. The Morgan fingerprint density at radius 1 is 0.767 bits per heavy atom. The second-order valence-corrected chi connectivity index (χ2v) is 15.0. The van der Waals surface area contributed by atoms with Gasteiger partial charge in [0.25, 0.3) is 11.8 Å². The van der Waals surface area contributed by atoms with Crippen molar-refractivity contribution >= 4 is 48.2 Å². The Hall–Kier alpha value is -1.13. The van der Waals surface area contributed by atoms with Crippen LogP contribution in [-0.2, 0) is 60.5 Å². The Morgan fingerprint density at radius 3 is 1.58 bits per heavy atom. The topological polar surface area (TPSA) is 306 Å². The van der Waals surface area contributed by atoms with Crippen LogP contribution >= 0.6 is 30.4 Å². The molecule has 238 valence electrons. The maximum absolute atomic E-state index is 13.5. The zero-order chi connectivity index (χ0) is 32.7. The molecule has 0 saturated heterocycles. The minimum absolute atomic E-state index is 0. The molecule has 19 nitrogen and oxygen atoms in total. The molecule has 0 aliphatic heterocycles. The Bertz CT molecular complexity index is 1330. The van der Waals surface area contributed by atoms with Gasteiger partial charge in [0.1, 0.15) is 30.9 Å². The second kappa shape index (κ2) is 17.0. The van der Waals surface area contributed by atoms with Gasteiger partial charge in [0.15, 0.2) is 0 Å². The fourth-order valence-electron chi connectivity index (χ4n) is 3.07. The van der Waals surface area contributed by atoms with Crippen LogP contribution in [0.5, 0.6) is 5.75 Å². The molecule has 1 aromatic rings. The van der Waals surface area contributed by atoms with Gasteiger partial charge in [0.2, 0.25) is 0 Å². The number of hydrogen-bond acceptors (Lipinski definition) is 9. The number of hydrogen-bond donors (Lipinski definition) is 8. The van der Waals surface area contributed by atoms with Crippen LogP contribution in [0.15, 0.2) is 30.4 Å². The summed E-state index contributed by atoms with van der Waals surface area (Å²) in [7, 11) is -20.7. The Kier molecular flexibility index (Phi) is 16.5. The van der Waals surface area contributed by atoms with Crippen LogP contribution in [0.2, 0.25) is 0 Å². The first-order valence-electron chi connectivity index (χ1n) is 11.1. The summed E-state index contributed by atoms with van der Waals surface area (Å²) in [5.74, 6) is -4.50. The molecule has 0 atom stereocenters. The summed E-state index contributed by atoms with van der Waals surface area (Å²) in [6.07, 6.45) is -4.98. The number of carbonyl (C=O) groups is 3. The third kappa shape index (κ3) is 16.7. The monoisotopic (exact) mass is 770 g/mol. The van der Waals surface area contributed by atoms with Crippen molar-refractivity contribution in [3.63, 3.8) is 0 Å². The molecule has 0 saturated carbocycles. The van der Waals surface area contributed by atoms with Gasteiger partial charge in [-0.25, -0.2) is 4.79 Å². The molecule has 0 bridgehead atoms. The summed E-state index contributed by atoms with van der Waals surface area (Å²) < 4.78 is 56.7. The zero-order valence-electron chi connectivity index (χ0n) is 22.3. The molecule has 43 heavy (non-hydrogen) atoms. The van der Waals surface area contributed by atoms with Crippen LogP contribution in [0.1, 0.15) is 27.6 Å². The van der Waals surface area contributed by atoms with Gasteiger partial charge in [-0.2, -0.15) is 0 Å². The molecule has 2 amide bonds. The van der Waals surface area contributed by atoms with E-state index in [9.17, 15) is 71.8 Å². The van der Waals surface area contributed by atoms with Gasteiger partial charge in [0, 0.05) is 5.57 Å². The molecule has 1 aromatic carbocycles. The molecule has 24 heteroatoms. The van der Waals surface area contributed by atoms with Crippen molar-refractivity contribution in [3.05, 3.63) is 47.9 Å². The summed E-state index contributed by atoms with van der Waals surface area (Å²) in [5, 5.41) is 0. The van der Waals surface area contributed by atoms with Crippen molar-refractivity contribution in [3.8, 4) is 5.75 Å². The summed E-state index contributed by atoms with van der Waals surface area (Å²) >= 11 is 0. The average molecular weight is 770 g/mol. The standard InChI is InChI=1S/C19H29N2O17P4.Y/c1-13(2)19(24)38-8-4-7-37-15-6-3-5-14(17(22)20(9-39(25,26)27)10-40(28,29)30)16(15)18(23)21(11-41(31,32)33)12-42(34,35)36;/h3-6H,1,7-12H2,2H3,(H2,25,26,27)(H2,28,29,30)(H2,31,32,33)(H2,34,35,36);/q-1;+3. The SMILES string of the molecule is C=C(C)C(=O)OC[CH-]COc1cccc(C(=O)N(CP(=O)(O)O)CP(=O)(O)O)c1C(=O)N(CP(=O)(O)O)CP(=O)(O)O.[Y+3]. The van der Waals surface area contributed by atoms with Gasteiger partial charge >= 0.3 is 69.1 Å². The smallest absolute Gasteiger partial charge is 0.524 e. The van der Waals surface area contributed by atoms with Gasteiger partial charge < -0.3 is 58.4 Å². The van der Waals surface area contributed by atoms with Gasteiger partial charge in [0.05, 0.1) is 11.1 Å². The third-order valence-corrected chi connectivity index (χ3v) is 7.34. The molecule has 0 fully saturated rings. The maximum Gasteiger partial charge on any atom is 3.00 e. The van der Waals surface area contributed by atoms with Crippen molar-refractivity contribution in [2.75, 3.05) is 38.4 Å². The molecule has 0 spiro atoms. The third-order valence-electron chi connectivity index (χ3n) is 4.50. The average Bonchev–Trinajstić information content (AvgIpc) is 2.78. The van der Waals surface area contributed by atoms with E-state index >= 15 is 0 Å². The predicted molar refractivity (Wildman–Crippen MR) is 142 cm³/mol. The van der Waals surface area contributed by atoms with Crippen LogP contribution in [0, 0.1) is 6.42 Å². The first kappa shape index (κ1) is 41.9. The zero-order valence-corrected chi connectivity index (χ0v) is 28.7. The number of rotatable bonds is 16. The molecular weight excluding hydrogens is 741 g/mol. The number of nitrogens with zero attached hydrogens (tertiary/aromatic N) is 2. The normalized spacial score (nSPS) is 12.1. The molecule has 8 N–H and O–H groups in total. The van der Waals surface area contributed by atoms with Crippen molar-refractivity contribution in [1.82, 2.24) is 9.80 Å². The Balaban J connectivity index is 0.0000176. The van der Waals surface area contributed by atoms with E-state index in [2.05, 4.69) is 6.58 Å². The van der Waals surface area contributed by atoms with Gasteiger partial charge in [-0.15, -0.1) is 0 Å². The van der Waals surface area contributed by atoms with E-state index in [1.54, 1.807) is 0 Å². The first-order chi connectivity index (χ1) is 18.9. The number of amides is 2. The number of carbonyl (C=O) groups excluding carboxylic acids is 3. The van der Waals surface area contributed by atoms with E-state index in [1.165, 1.54) is 13.3 Å². The fourth-order valence-corrected chi connectivity index (χ4v) is 6.08. The summed E-state index contributed by atoms with van der Waals surface area (Å²) in [5.41, 5.74) is -1.72. The van der Waals surface area contributed by atoms with Crippen LogP contribution in [-0.4, -0.2) is 105 Å². The molecule has 0 radical (unpaired) electrons. The molecule has 0 heterocycles. The summed E-state index contributed by atoms with van der Waals surface area (Å²) in [6.45, 7) is 3.95. The number of ether oxygens (including phenoxy) is 2. The van der Waals surface area contributed by atoms with Crippen molar-refractivity contribution in [2.45, 2.75) is 6.92 Å². The summed E-state index contributed by atoms with van der Waals surface area (Å²) in [6, 6.07) is 2.92. The number of esters is 1. The maximum atomic E-state index is 13.5. The quantitative estimate of drug-likeness (QED) is 0.0355.